The van der Waals surface area contributed by atoms with Gasteiger partial charge in [0.2, 0.25) is 0 Å². The fourth-order valence-electron chi connectivity index (χ4n) is 4.65. The summed E-state index contributed by atoms with van der Waals surface area (Å²) in [4.78, 5) is 23.0. The first-order valence-electron chi connectivity index (χ1n) is 10.4. The number of nitrogens with one attached hydrogen (secondary N) is 1. The van der Waals surface area contributed by atoms with Crippen LogP contribution < -0.4 is 5.32 Å². The van der Waals surface area contributed by atoms with E-state index in [0.29, 0.717) is 19.1 Å². The number of fused-ring (bicyclic) bond motifs is 3. The molecule has 5 nitrogen and oxygen atoms in total. The molecule has 2 aliphatic carbocycles. The molecule has 4 rings (SSSR count). The van der Waals surface area contributed by atoms with E-state index in [0.717, 1.165) is 25.7 Å². The first-order valence-corrected chi connectivity index (χ1v) is 10.4. The second-order valence-corrected chi connectivity index (χ2v) is 8.01. The van der Waals surface area contributed by atoms with Crippen molar-refractivity contribution < 1.29 is 19.4 Å². The van der Waals surface area contributed by atoms with Crippen LogP contribution in [0.3, 0.4) is 0 Å². The molecule has 1 saturated carbocycles. The maximum Gasteiger partial charge on any atom is 0.407 e. The van der Waals surface area contributed by atoms with E-state index >= 15 is 0 Å². The van der Waals surface area contributed by atoms with Crippen molar-refractivity contribution in [3.63, 3.8) is 0 Å². The Hall–Kier alpha value is -3.26. The molecule has 0 radical (unpaired) electrons. The van der Waals surface area contributed by atoms with E-state index in [-0.39, 0.29) is 11.8 Å². The molecule has 0 bridgehead atoms. The third-order valence-corrected chi connectivity index (χ3v) is 6.04. The molecule has 0 unspecified atom stereocenters. The lowest BCUT2D eigenvalue weighted by molar-refractivity contribution is -0.130. The fraction of sp³-hybridized carbons (Fsp3) is 0.360. The second kappa shape index (κ2) is 9.04. The second-order valence-electron chi connectivity index (χ2n) is 8.01. The maximum atomic E-state index is 12.3. The number of aliphatic carboxylic acids is 1. The topological polar surface area (TPSA) is 75.6 Å². The standard InChI is InChI=1S/C25H25NO4/c27-24(28)13-12-17-6-5-7-18(14-17)15-26-25(29)30-16-23-21-10-3-1-8-19(21)20-9-2-4-11-22(20)23/h1-4,8-11,17-18,23H,5-7,14-16H2,(H,26,29)(H,27,28)/t17-,18-/m0/s1. The van der Waals surface area contributed by atoms with Crippen molar-refractivity contribution in [1.82, 2.24) is 5.32 Å². The van der Waals surface area contributed by atoms with Crippen molar-refractivity contribution >= 4 is 12.1 Å². The lowest BCUT2D eigenvalue weighted by Gasteiger charge is -2.26. The summed E-state index contributed by atoms with van der Waals surface area (Å²) in [6.07, 6.45) is 3.33. The average molecular weight is 403 g/mol. The largest absolute Gasteiger partial charge is 0.472 e. The van der Waals surface area contributed by atoms with Crippen molar-refractivity contribution in [2.75, 3.05) is 13.2 Å². The van der Waals surface area contributed by atoms with Gasteiger partial charge >= 0.3 is 12.1 Å². The van der Waals surface area contributed by atoms with Gasteiger partial charge in [-0.2, -0.15) is 0 Å². The fourth-order valence-corrected chi connectivity index (χ4v) is 4.65. The summed E-state index contributed by atoms with van der Waals surface area (Å²) in [5, 5.41) is 11.6. The van der Waals surface area contributed by atoms with Gasteiger partial charge in [-0.15, -0.1) is 0 Å². The number of hydrogen-bond donors (Lipinski definition) is 2. The highest BCUT2D eigenvalue weighted by Gasteiger charge is 2.29. The number of benzene rings is 2. The molecule has 2 aromatic rings. The predicted molar refractivity (Wildman–Crippen MR) is 114 cm³/mol. The zero-order valence-corrected chi connectivity index (χ0v) is 16.8. The highest BCUT2D eigenvalue weighted by Crippen LogP contribution is 2.44. The molecule has 2 N–H and O–H groups in total. The Kier molecular flexibility index (Phi) is 6.04. The van der Waals surface area contributed by atoms with Crippen molar-refractivity contribution in [2.45, 2.75) is 31.6 Å². The number of amides is 1. The number of carboxylic acids is 1. The van der Waals surface area contributed by atoms with Gasteiger partial charge in [-0.25, -0.2) is 9.59 Å². The molecule has 154 valence electrons. The van der Waals surface area contributed by atoms with E-state index in [1.165, 1.54) is 22.3 Å². The summed E-state index contributed by atoms with van der Waals surface area (Å²) in [6.45, 7) is 0.833. The van der Waals surface area contributed by atoms with Gasteiger partial charge in [-0.3, -0.25) is 0 Å². The van der Waals surface area contributed by atoms with Crippen molar-refractivity contribution in [2.24, 2.45) is 11.8 Å². The molecule has 2 atom stereocenters. The van der Waals surface area contributed by atoms with Gasteiger partial charge in [-0.05, 0) is 47.4 Å². The molecule has 0 aliphatic heterocycles. The monoisotopic (exact) mass is 403 g/mol. The third kappa shape index (κ3) is 4.49. The maximum absolute atomic E-state index is 12.3. The summed E-state index contributed by atoms with van der Waals surface area (Å²) >= 11 is 0. The van der Waals surface area contributed by atoms with Crippen LogP contribution in [0.2, 0.25) is 0 Å². The van der Waals surface area contributed by atoms with Crippen LogP contribution >= 0.6 is 0 Å². The van der Waals surface area contributed by atoms with Gasteiger partial charge < -0.3 is 15.2 Å². The molecular formula is C25H25NO4. The van der Waals surface area contributed by atoms with Crippen LogP contribution in [0.15, 0.2) is 48.5 Å². The zero-order valence-electron chi connectivity index (χ0n) is 16.8. The van der Waals surface area contributed by atoms with Gasteiger partial charge in [0.05, 0.1) is 0 Å². The van der Waals surface area contributed by atoms with Gasteiger partial charge in [0.25, 0.3) is 0 Å². The summed E-state index contributed by atoms with van der Waals surface area (Å²) in [7, 11) is 0. The number of alkyl carbamates (subject to hydrolysis) is 1. The summed E-state index contributed by atoms with van der Waals surface area (Å²) in [5.74, 6) is 4.40. The van der Waals surface area contributed by atoms with Crippen LogP contribution in [0.4, 0.5) is 4.79 Å². The first-order chi connectivity index (χ1) is 14.6. The zero-order chi connectivity index (χ0) is 20.9. The first kappa shape index (κ1) is 20.0. The molecule has 0 saturated heterocycles. The average Bonchev–Trinajstić information content (AvgIpc) is 3.09. The molecule has 2 aliphatic rings. The number of carbonyl (C=O) groups is 2. The van der Waals surface area contributed by atoms with Crippen molar-refractivity contribution in [3.8, 4) is 23.0 Å². The molecule has 1 amide bonds. The molecule has 0 aromatic heterocycles. The van der Waals surface area contributed by atoms with Gasteiger partial charge in [0.1, 0.15) is 6.61 Å². The Balaban J connectivity index is 1.31. The molecular weight excluding hydrogens is 378 g/mol. The van der Waals surface area contributed by atoms with Gasteiger partial charge in [0.15, 0.2) is 0 Å². The lowest BCUT2D eigenvalue weighted by Crippen LogP contribution is -2.32. The minimum Gasteiger partial charge on any atom is -0.472 e. The van der Waals surface area contributed by atoms with E-state index in [4.69, 9.17) is 9.84 Å². The highest BCUT2D eigenvalue weighted by atomic mass is 16.5. The van der Waals surface area contributed by atoms with Gasteiger partial charge in [0, 0.05) is 24.3 Å². The minimum absolute atomic E-state index is 0.0495. The number of ether oxygens (including phenoxy) is 1. The van der Waals surface area contributed by atoms with Crippen LogP contribution in [0.25, 0.3) is 11.1 Å². The molecule has 30 heavy (non-hydrogen) atoms. The third-order valence-electron chi connectivity index (χ3n) is 6.04. The summed E-state index contributed by atoms with van der Waals surface area (Å²) in [5.41, 5.74) is 4.80. The smallest absolute Gasteiger partial charge is 0.407 e. The Morgan fingerprint density at radius 3 is 2.37 bits per heavy atom. The van der Waals surface area contributed by atoms with Crippen molar-refractivity contribution in [3.05, 3.63) is 59.7 Å². The Labute approximate surface area is 176 Å². The van der Waals surface area contributed by atoms with E-state index < -0.39 is 12.1 Å². The van der Waals surface area contributed by atoms with Crippen LogP contribution in [0.5, 0.6) is 0 Å². The number of carboxylic acid groups (broad SMARTS) is 1. The Bertz CT molecular complexity index is 958. The SMILES string of the molecule is O=C(O)C#C[C@@H]1CCC[C@H](CNC(=O)OCC2c3ccccc3-c3ccccc32)C1. The van der Waals surface area contributed by atoms with Crippen LogP contribution in [-0.4, -0.2) is 30.3 Å². The number of hydrogen-bond acceptors (Lipinski definition) is 3. The molecule has 5 heteroatoms. The van der Waals surface area contributed by atoms with Crippen LogP contribution in [0, 0.1) is 23.7 Å². The van der Waals surface area contributed by atoms with E-state index in [9.17, 15) is 9.59 Å². The lowest BCUT2D eigenvalue weighted by atomic mass is 9.82. The summed E-state index contributed by atoms with van der Waals surface area (Å²) in [6, 6.07) is 16.5. The predicted octanol–water partition coefficient (Wildman–Crippen LogP) is 4.42. The van der Waals surface area contributed by atoms with E-state index in [2.05, 4.69) is 41.4 Å². The quantitative estimate of drug-likeness (QED) is 0.741. The number of carbonyl (C=O) groups excluding carboxylic acids is 1. The number of rotatable bonds is 4. The Morgan fingerprint density at radius 1 is 1.03 bits per heavy atom. The van der Waals surface area contributed by atoms with Crippen LogP contribution in [-0.2, 0) is 9.53 Å². The molecule has 1 fully saturated rings. The summed E-state index contributed by atoms with van der Waals surface area (Å²) < 4.78 is 5.58. The highest BCUT2D eigenvalue weighted by molar-refractivity contribution is 5.86. The Morgan fingerprint density at radius 2 is 1.70 bits per heavy atom. The normalized spacial score (nSPS) is 19.7. The molecule has 0 spiro atoms. The minimum atomic E-state index is -1.09. The molecule has 2 aromatic carbocycles. The molecule has 0 heterocycles. The van der Waals surface area contributed by atoms with Crippen LogP contribution in [0.1, 0.15) is 42.7 Å². The van der Waals surface area contributed by atoms with Gasteiger partial charge in [-0.1, -0.05) is 60.9 Å². The van der Waals surface area contributed by atoms with E-state index in [1.54, 1.807) is 0 Å². The van der Waals surface area contributed by atoms with E-state index in [1.807, 2.05) is 24.3 Å². The van der Waals surface area contributed by atoms with Crippen molar-refractivity contribution in [1.29, 1.82) is 0 Å².